The average Bonchev–Trinajstić information content (AvgIpc) is 2.87. The Morgan fingerprint density at radius 3 is 1.00 bits per heavy atom. The predicted molar refractivity (Wildman–Crippen MR) is 108 cm³/mol. The Kier molecular flexibility index (Phi) is 8.20. The van der Waals surface area contributed by atoms with Crippen LogP contribution in [0.2, 0.25) is 0 Å². The van der Waals surface area contributed by atoms with Gasteiger partial charge in [0.1, 0.15) is 0 Å². The third-order valence-electron chi connectivity index (χ3n) is 6.20. The van der Waals surface area contributed by atoms with Crippen molar-refractivity contribution in [3.05, 3.63) is 20.9 Å². The molecule has 3 rings (SSSR count). The molecule has 0 aliphatic heterocycles. The van der Waals surface area contributed by atoms with Crippen LogP contribution in [0.5, 0.6) is 0 Å². The summed E-state index contributed by atoms with van der Waals surface area (Å²) >= 11 is 2.23. The molecule has 0 spiro atoms. The Balaban J connectivity index is 1.77. The van der Waals surface area contributed by atoms with Gasteiger partial charge in [0.2, 0.25) is 0 Å². The maximum atomic E-state index is 2.23. The van der Waals surface area contributed by atoms with E-state index in [0.717, 1.165) is 0 Å². The Bertz CT molecular complexity index is 471. The highest BCUT2D eigenvalue weighted by Crippen LogP contribution is 2.35. The van der Waals surface area contributed by atoms with Crippen molar-refractivity contribution < 1.29 is 0 Å². The maximum absolute atomic E-state index is 2.23. The minimum absolute atomic E-state index is 1.38. The second-order valence-corrected chi connectivity index (χ2v) is 9.40. The fourth-order valence-electron chi connectivity index (χ4n) is 4.71. The number of thiophene rings is 1. The summed E-state index contributed by atoms with van der Waals surface area (Å²) in [6.45, 7) is 0. The SMILES string of the molecule is C1CCCCCc2c(sc3c2CCCCCCCCC3)CCCC1. The molecule has 0 unspecified atom stereocenters. The van der Waals surface area contributed by atoms with Crippen molar-refractivity contribution in [3.8, 4) is 0 Å². The average molecular weight is 347 g/mol. The lowest BCUT2D eigenvalue weighted by molar-refractivity contribution is 0.560. The van der Waals surface area contributed by atoms with Crippen molar-refractivity contribution in [2.75, 3.05) is 0 Å². The number of fused-ring (bicyclic) bond motifs is 3. The zero-order valence-electron chi connectivity index (χ0n) is 15.8. The van der Waals surface area contributed by atoms with Gasteiger partial charge in [-0.2, -0.15) is 0 Å². The van der Waals surface area contributed by atoms with E-state index in [1.807, 2.05) is 11.1 Å². The second-order valence-electron chi connectivity index (χ2n) is 8.21. The molecule has 0 nitrogen and oxygen atoms in total. The topological polar surface area (TPSA) is 0 Å². The van der Waals surface area contributed by atoms with E-state index in [0.29, 0.717) is 0 Å². The Morgan fingerprint density at radius 2 is 0.625 bits per heavy atom. The lowest BCUT2D eigenvalue weighted by Crippen LogP contribution is -1.99. The summed E-state index contributed by atoms with van der Waals surface area (Å²) in [6, 6.07) is 0. The first-order chi connectivity index (χ1) is 11.9. The van der Waals surface area contributed by atoms with Gasteiger partial charge in [0.25, 0.3) is 0 Å². The van der Waals surface area contributed by atoms with Crippen LogP contribution in [0, 0.1) is 0 Å². The fraction of sp³-hybridized carbons (Fsp3) is 0.826. The standard InChI is InChI=1S/C23H38S/c1-2-6-10-14-18-22-20(16-12-8-4-1)21-17-13-9-5-3-7-11-15-19-23(21)24-22/h1-19H2. The van der Waals surface area contributed by atoms with E-state index in [9.17, 15) is 0 Å². The summed E-state index contributed by atoms with van der Waals surface area (Å²) in [6.07, 6.45) is 27.5. The number of rotatable bonds is 0. The van der Waals surface area contributed by atoms with Gasteiger partial charge in [-0.15, -0.1) is 11.3 Å². The minimum atomic E-state index is 1.38. The monoisotopic (exact) mass is 346 g/mol. The molecule has 0 atom stereocenters. The van der Waals surface area contributed by atoms with Crippen LogP contribution in [0.3, 0.4) is 0 Å². The molecule has 0 bridgehead atoms. The molecule has 136 valence electrons. The Morgan fingerprint density at radius 1 is 0.333 bits per heavy atom. The maximum Gasteiger partial charge on any atom is 0.00830 e. The van der Waals surface area contributed by atoms with Gasteiger partial charge in [-0.05, 0) is 62.5 Å². The Hall–Kier alpha value is -0.300. The number of hydrogen-bond donors (Lipinski definition) is 0. The summed E-state index contributed by atoms with van der Waals surface area (Å²) < 4.78 is 0. The van der Waals surface area contributed by atoms with Crippen LogP contribution in [0.15, 0.2) is 0 Å². The highest BCUT2D eigenvalue weighted by Gasteiger charge is 2.18. The van der Waals surface area contributed by atoms with Gasteiger partial charge in [0.15, 0.2) is 0 Å². The summed E-state index contributed by atoms with van der Waals surface area (Å²) in [5.74, 6) is 0. The third-order valence-corrected chi connectivity index (χ3v) is 7.59. The lowest BCUT2D eigenvalue weighted by atomic mass is 9.94. The molecular weight excluding hydrogens is 308 g/mol. The van der Waals surface area contributed by atoms with E-state index in [-0.39, 0.29) is 0 Å². The zero-order valence-corrected chi connectivity index (χ0v) is 16.7. The normalized spacial score (nSPS) is 22.3. The number of hydrogen-bond acceptors (Lipinski definition) is 1. The molecule has 1 aromatic heterocycles. The van der Waals surface area contributed by atoms with Crippen LogP contribution >= 0.6 is 11.3 Å². The molecule has 0 radical (unpaired) electrons. The smallest absolute Gasteiger partial charge is 0.00830 e. The largest absolute Gasteiger partial charge is 0.145 e. The molecule has 0 aromatic carbocycles. The molecule has 2 aliphatic carbocycles. The van der Waals surface area contributed by atoms with Crippen LogP contribution in [-0.2, 0) is 25.7 Å². The third kappa shape index (κ3) is 5.61. The fourth-order valence-corrected chi connectivity index (χ4v) is 6.20. The van der Waals surface area contributed by atoms with E-state index >= 15 is 0 Å². The van der Waals surface area contributed by atoms with Gasteiger partial charge in [0.05, 0.1) is 0 Å². The van der Waals surface area contributed by atoms with Crippen LogP contribution in [0.25, 0.3) is 0 Å². The summed E-state index contributed by atoms with van der Waals surface area (Å²) in [5.41, 5.74) is 3.68. The molecule has 0 saturated carbocycles. The molecule has 1 aromatic rings. The van der Waals surface area contributed by atoms with E-state index in [1.54, 1.807) is 9.75 Å². The van der Waals surface area contributed by atoms with Gasteiger partial charge in [-0.1, -0.05) is 70.6 Å². The van der Waals surface area contributed by atoms with E-state index in [4.69, 9.17) is 0 Å². The first kappa shape index (κ1) is 18.5. The van der Waals surface area contributed by atoms with E-state index in [2.05, 4.69) is 11.3 Å². The predicted octanol–water partition coefficient (Wildman–Crippen LogP) is 7.80. The van der Waals surface area contributed by atoms with Gasteiger partial charge in [0, 0.05) is 9.75 Å². The van der Waals surface area contributed by atoms with Gasteiger partial charge in [-0.25, -0.2) is 0 Å². The van der Waals surface area contributed by atoms with Crippen molar-refractivity contribution >= 4 is 11.3 Å². The summed E-state index contributed by atoms with van der Waals surface area (Å²) in [5, 5.41) is 0. The van der Waals surface area contributed by atoms with Gasteiger partial charge in [-0.3, -0.25) is 0 Å². The van der Waals surface area contributed by atoms with Crippen LogP contribution in [0.1, 0.15) is 117 Å². The van der Waals surface area contributed by atoms with Crippen LogP contribution < -0.4 is 0 Å². The van der Waals surface area contributed by atoms with Crippen LogP contribution in [0.4, 0.5) is 0 Å². The highest BCUT2D eigenvalue weighted by atomic mass is 32.1. The molecule has 0 fully saturated rings. The van der Waals surface area contributed by atoms with E-state index < -0.39 is 0 Å². The quantitative estimate of drug-likeness (QED) is 0.449. The van der Waals surface area contributed by atoms with Gasteiger partial charge < -0.3 is 0 Å². The van der Waals surface area contributed by atoms with Crippen LogP contribution in [-0.4, -0.2) is 0 Å². The van der Waals surface area contributed by atoms with E-state index in [1.165, 1.54) is 122 Å². The molecule has 2 aliphatic rings. The molecule has 0 amide bonds. The molecule has 0 saturated heterocycles. The van der Waals surface area contributed by atoms with Crippen molar-refractivity contribution in [1.29, 1.82) is 0 Å². The van der Waals surface area contributed by atoms with Crippen molar-refractivity contribution in [3.63, 3.8) is 0 Å². The first-order valence-electron chi connectivity index (χ1n) is 11.1. The molecule has 1 heterocycles. The number of aryl methyl sites for hydroxylation is 2. The molecule has 0 N–H and O–H groups in total. The van der Waals surface area contributed by atoms with Gasteiger partial charge >= 0.3 is 0 Å². The second kappa shape index (κ2) is 10.6. The zero-order chi connectivity index (χ0) is 16.5. The first-order valence-corrected chi connectivity index (χ1v) is 11.9. The Labute approximate surface area is 154 Å². The molecule has 24 heavy (non-hydrogen) atoms. The van der Waals surface area contributed by atoms with Crippen molar-refractivity contribution in [2.45, 2.75) is 122 Å². The summed E-state index contributed by atoms with van der Waals surface area (Å²) in [7, 11) is 0. The minimum Gasteiger partial charge on any atom is -0.145 e. The van der Waals surface area contributed by atoms with Crippen molar-refractivity contribution in [1.82, 2.24) is 0 Å². The van der Waals surface area contributed by atoms with Crippen molar-refractivity contribution in [2.24, 2.45) is 0 Å². The lowest BCUT2D eigenvalue weighted by Gasteiger charge is -2.11. The summed E-state index contributed by atoms with van der Waals surface area (Å²) in [4.78, 5) is 3.61. The molecular formula is C23H38S. The highest BCUT2D eigenvalue weighted by molar-refractivity contribution is 7.12. The molecule has 1 heteroatoms.